The Kier molecular flexibility index (Phi) is 3.59. The molecule has 0 N–H and O–H groups in total. The third-order valence-corrected chi connectivity index (χ3v) is 3.22. The second-order valence-corrected chi connectivity index (χ2v) is 4.41. The molecule has 0 aliphatic carbocycles. The fraction of sp³-hybridized carbons (Fsp3) is 0.0714. The molecule has 17 heavy (non-hydrogen) atoms. The minimum absolute atomic E-state index is 0.647. The SMILES string of the molecule is COc1ccccc1-c1cc(C=O)ccc1Br. The van der Waals surface area contributed by atoms with Crippen molar-refractivity contribution in [2.45, 2.75) is 0 Å². The van der Waals surface area contributed by atoms with Gasteiger partial charge in [-0.05, 0) is 18.2 Å². The molecule has 2 rings (SSSR count). The molecule has 0 spiro atoms. The molecule has 0 amide bonds. The predicted octanol–water partition coefficient (Wildman–Crippen LogP) is 3.94. The number of ether oxygens (including phenoxy) is 1. The standard InChI is InChI=1S/C14H11BrO2/c1-17-14-5-3-2-4-11(14)12-8-10(9-16)6-7-13(12)15/h2-9H,1H3. The van der Waals surface area contributed by atoms with Crippen molar-refractivity contribution in [2.75, 3.05) is 7.11 Å². The molecular weight excluding hydrogens is 280 g/mol. The molecule has 0 unspecified atom stereocenters. The molecule has 0 bridgehead atoms. The van der Waals surface area contributed by atoms with Gasteiger partial charge in [0.05, 0.1) is 7.11 Å². The topological polar surface area (TPSA) is 26.3 Å². The summed E-state index contributed by atoms with van der Waals surface area (Å²) in [5, 5.41) is 0. The third kappa shape index (κ3) is 2.39. The van der Waals surface area contributed by atoms with E-state index in [2.05, 4.69) is 15.9 Å². The molecular formula is C14H11BrO2. The van der Waals surface area contributed by atoms with Crippen LogP contribution in [-0.4, -0.2) is 13.4 Å². The predicted molar refractivity (Wildman–Crippen MR) is 71.5 cm³/mol. The van der Waals surface area contributed by atoms with Crippen molar-refractivity contribution in [2.24, 2.45) is 0 Å². The minimum atomic E-state index is 0.647. The lowest BCUT2D eigenvalue weighted by Crippen LogP contribution is -1.89. The Morgan fingerprint density at radius 2 is 1.88 bits per heavy atom. The highest BCUT2D eigenvalue weighted by atomic mass is 79.9. The summed E-state index contributed by atoms with van der Waals surface area (Å²) in [4.78, 5) is 10.8. The zero-order valence-electron chi connectivity index (χ0n) is 9.31. The van der Waals surface area contributed by atoms with Gasteiger partial charge in [-0.2, -0.15) is 0 Å². The van der Waals surface area contributed by atoms with E-state index in [0.717, 1.165) is 27.6 Å². The number of rotatable bonds is 3. The largest absolute Gasteiger partial charge is 0.496 e. The molecule has 2 aromatic rings. The molecule has 0 heterocycles. The van der Waals surface area contributed by atoms with E-state index < -0.39 is 0 Å². The average molecular weight is 291 g/mol. The van der Waals surface area contributed by atoms with Gasteiger partial charge in [0.2, 0.25) is 0 Å². The summed E-state index contributed by atoms with van der Waals surface area (Å²) in [7, 11) is 1.64. The number of carbonyl (C=O) groups is 1. The molecule has 0 aliphatic rings. The van der Waals surface area contributed by atoms with Gasteiger partial charge in [0, 0.05) is 21.2 Å². The van der Waals surface area contributed by atoms with Crippen molar-refractivity contribution in [3.8, 4) is 16.9 Å². The first-order valence-electron chi connectivity index (χ1n) is 5.14. The number of aldehydes is 1. The number of hydrogen-bond acceptors (Lipinski definition) is 2. The molecule has 0 aromatic heterocycles. The van der Waals surface area contributed by atoms with Crippen LogP contribution in [0.15, 0.2) is 46.9 Å². The number of carbonyl (C=O) groups excluding carboxylic acids is 1. The minimum Gasteiger partial charge on any atom is -0.496 e. The lowest BCUT2D eigenvalue weighted by atomic mass is 10.0. The molecule has 0 saturated heterocycles. The average Bonchev–Trinajstić information content (AvgIpc) is 2.39. The van der Waals surface area contributed by atoms with Crippen LogP contribution >= 0.6 is 15.9 Å². The number of hydrogen-bond donors (Lipinski definition) is 0. The molecule has 3 heteroatoms. The quantitative estimate of drug-likeness (QED) is 0.801. The van der Waals surface area contributed by atoms with Crippen LogP contribution in [0.1, 0.15) is 10.4 Å². The monoisotopic (exact) mass is 290 g/mol. The highest BCUT2D eigenvalue weighted by Crippen LogP contribution is 2.35. The Hall–Kier alpha value is -1.61. The van der Waals surface area contributed by atoms with Gasteiger partial charge >= 0.3 is 0 Å². The number of para-hydroxylation sites is 1. The summed E-state index contributed by atoms with van der Waals surface area (Å²) in [6.45, 7) is 0. The Labute approximate surface area is 108 Å². The zero-order chi connectivity index (χ0) is 12.3. The van der Waals surface area contributed by atoms with Gasteiger partial charge in [0.15, 0.2) is 0 Å². The van der Waals surface area contributed by atoms with Crippen molar-refractivity contribution in [3.63, 3.8) is 0 Å². The van der Waals surface area contributed by atoms with Gasteiger partial charge in [-0.15, -0.1) is 0 Å². The summed E-state index contributed by atoms with van der Waals surface area (Å²) >= 11 is 3.49. The lowest BCUT2D eigenvalue weighted by Gasteiger charge is -2.10. The maximum atomic E-state index is 10.8. The Morgan fingerprint density at radius 3 is 2.59 bits per heavy atom. The lowest BCUT2D eigenvalue weighted by molar-refractivity contribution is 0.112. The fourth-order valence-corrected chi connectivity index (χ4v) is 2.15. The highest BCUT2D eigenvalue weighted by Gasteiger charge is 2.09. The second-order valence-electron chi connectivity index (χ2n) is 3.56. The van der Waals surface area contributed by atoms with E-state index in [-0.39, 0.29) is 0 Å². The van der Waals surface area contributed by atoms with E-state index in [4.69, 9.17) is 4.74 Å². The van der Waals surface area contributed by atoms with Crippen LogP contribution < -0.4 is 4.74 Å². The number of methoxy groups -OCH3 is 1. The molecule has 2 nitrogen and oxygen atoms in total. The Morgan fingerprint density at radius 1 is 1.12 bits per heavy atom. The van der Waals surface area contributed by atoms with E-state index in [9.17, 15) is 4.79 Å². The van der Waals surface area contributed by atoms with Gasteiger partial charge in [0.1, 0.15) is 12.0 Å². The normalized spacial score (nSPS) is 10.0. The molecule has 0 radical (unpaired) electrons. The Bertz CT molecular complexity index is 550. The van der Waals surface area contributed by atoms with Crippen molar-refractivity contribution in [1.29, 1.82) is 0 Å². The smallest absolute Gasteiger partial charge is 0.150 e. The van der Waals surface area contributed by atoms with E-state index in [1.54, 1.807) is 13.2 Å². The van der Waals surface area contributed by atoms with Crippen molar-refractivity contribution >= 4 is 22.2 Å². The third-order valence-electron chi connectivity index (χ3n) is 2.52. The van der Waals surface area contributed by atoms with Gasteiger partial charge in [-0.1, -0.05) is 40.2 Å². The summed E-state index contributed by atoms with van der Waals surface area (Å²) in [5.41, 5.74) is 2.56. The molecule has 0 aliphatic heterocycles. The van der Waals surface area contributed by atoms with Crippen LogP contribution in [0.25, 0.3) is 11.1 Å². The summed E-state index contributed by atoms with van der Waals surface area (Å²) in [5.74, 6) is 0.788. The van der Waals surface area contributed by atoms with Crippen LogP contribution in [0.5, 0.6) is 5.75 Å². The molecule has 0 fully saturated rings. The van der Waals surface area contributed by atoms with E-state index in [0.29, 0.717) is 5.56 Å². The van der Waals surface area contributed by atoms with Crippen molar-refractivity contribution < 1.29 is 9.53 Å². The summed E-state index contributed by atoms with van der Waals surface area (Å²) in [6.07, 6.45) is 0.839. The van der Waals surface area contributed by atoms with Crippen LogP contribution in [0.4, 0.5) is 0 Å². The first-order chi connectivity index (χ1) is 8.26. The van der Waals surface area contributed by atoms with Crippen LogP contribution in [0.2, 0.25) is 0 Å². The summed E-state index contributed by atoms with van der Waals surface area (Å²) in [6, 6.07) is 13.2. The van der Waals surface area contributed by atoms with E-state index >= 15 is 0 Å². The first kappa shape index (κ1) is 11.9. The molecule has 0 saturated carbocycles. The van der Waals surface area contributed by atoms with Gasteiger partial charge < -0.3 is 4.74 Å². The van der Waals surface area contributed by atoms with E-state index in [1.807, 2.05) is 36.4 Å². The van der Waals surface area contributed by atoms with Gasteiger partial charge in [-0.25, -0.2) is 0 Å². The Balaban J connectivity index is 2.62. The number of halogens is 1. The fourth-order valence-electron chi connectivity index (χ4n) is 1.69. The van der Waals surface area contributed by atoms with E-state index in [1.165, 1.54) is 0 Å². The van der Waals surface area contributed by atoms with Gasteiger partial charge in [0.25, 0.3) is 0 Å². The zero-order valence-corrected chi connectivity index (χ0v) is 10.9. The molecule has 0 atom stereocenters. The maximum absolute atomic E-state index is 10.8. The number of benzene rings is 2. The highest BCUT2D eigenvalue weighted by molar-refractivity contribution is 9.10. The van der Waals surface area contributed by atoms with Crippen LogP contribution in [-0.2, 0) is 0 Å². The van der Waals surface area contributed by atoms with Gasteiger partial charge in [-0.3, -0.25) is 4.79 Å². The first-order valence-corrected chi connectivity index (χ1v) is 5.93. The maximum Gasteiger partial charge on any atom is 0.150 e. The second kappa shape index (κ2) is 5.15. The van der Waals surface area contributed by atoms with Crippen LogP contribution in [0, 0.1) is 0 Å². The molecule has 86 valence electrons. The van der Waals surface area contributed by atoms with Crippen molar-refractivity contribution in [3.05, 3.63) is 52.5 Å². The molecule has 2 aromatic carbocycles. The van der Waals surface area contributed by atoms with Crippen molar-refractivity contribution in [1.82, 2.24) is 0 Å². The summed E-state index contributed by atoms with van der Waals surface area (Å²) < 4.78 is 6.26. The van der Waals surface area contributed by atoms with Crippen LogP contribution in [0.3, 0.4) is 0 Å².